The Bertz CT molecular complexity index is 816. The van der Waals surface area contributed by atoms with Crippen LogP contribution in [0.4, 0.5) is 0 Å². The van der Waals surface area contributed by atoms with Crippen molar-refractivity contribution in [3.05, 3.63) is 34.9 Å². The molecule has 3 N–H and O–H groups in total. The summed E-state index contributed by atoms with van der Waals surface area (Å²) in [5, 5.41) is 8.39. The van der Waals surface area contributed by atoms with Gasteiger partial charge in [-0.3, -0.25) is 24.5 Å². The van der Waals surface area contributed by atoms with Crippen LogP contribution >= 0.6 is 0 Å². The first-order valence-electron chi connectivity index (χ1n) is 9.30. The Labute approximate surface area is 156 Å². The number of amides is 4. The normalized spacial score (nSPS) is 24.7. The standard InChI is InChI=1S/C19H22N4O4/c24-16-6-5-15(18(26)22-16)23-10-12-8-11(3-4-13(12)19(23)27)9-21-17(25)14-2-1-7-20-14/h3-4,8,14-15,20H,1-2,5-7,9-10H2,(H,21,25)(H,22,24,26)/t14-,15?/m0/s1. The molecule has 1 unspecified atom stereocenters. The molecule has 4 rings (SSSR count). The van der Waals surface area contributed by atoms with E-state index in [1.807, 2.05) is 12.1 Å². The lowest BCUT2D eigenvalue weighted by molar-refractivity contribution is -0.137. The molecule has 0 spiro atoms. The van der Waals surface area contributed by atoms with E-state index in [0.29, 0.717) is 25.1 Å². The van der Waals surface area contributed by atoms with Crippen molar-refractivity contribution in [2.24, 2.45) is 0 Å². The Morgan fingerprint density at radius 1 is 1.22 bits per heavy atom. The number of imide groups is 1. The van der Waals surface area contributed by atoms with Crippen molar-refractivity contribution < 1.29 is 19.2 Å². The van der Waals surface area contributed by atoms with E-state index in [4.69, 9.17) is 0 Å². The van der Waals surface area contributed by atoms with Crippen molar-refractivity contribution in [1.82, 2.24) is 20.9 Å². The van der Waals surface area contributed by atoms with Crippen molar-refractivity contribution in [2.45, 2.75) is 50.9 Å². The topological polar surface area (TPSA) is 108 Å². The Balaban J connectivity index is 1.42. The molecule has 8 heteroatoms. The smallest absolute Gasteiger partial charge is 0.255 e. The number of hydrogen-bond acceptors (Lipinski definition) is 5. The molecule has 0 aromatic heterocycles. The molecule has 2 saturated heterocycles. The van der Waals surface area contributed by atoms with Gasteiger partial charge in [-0.1, -0.05) is 12.1 Å². The van der Waals surface area contributed by atoms with Gasteiger partial charge in [-0.2, -0.15) is 0 Å². The van der Waals surface area contributed by atoms with E-state index in [1.54, 1.807) is 6.07 Å². The van der Waals surface area contributed by atoms with Gasteiger partial charge >= 0.3 is 0 Å². The van der Waals surface area contributed by atoms with Gasteiger partial charge in [0.1, 0.15) is 6.04 Å². The third-order valence-electron chi connectivity index (χ3n) is 5.43. The molecular formula is C19H22N4O4. The van der Waals surface area contributed by atoms with E-state index >= 15 is 0 Å². The number of nitrogens with one attached hydrogen (secondary N) is 3. The summed E-state index contributed by atoms with van der Waals surface area (Å²) in [6.07, 6.45) is 2.45. The van der Waals surface area contributed by atoms with Gasteiger partial charge in [0.25, 0.3) is 5.91 Å². The second kappa shape index (κ2) is 7.11. The highest BCUT2D eigenvalue weighted by atomic mass is 16.2. The summed E-state index contributed by atoms with van der Waals surface area (Å²) in [4.78, 5) is 49.7. The predicted molar refractivity (Wildman–Crippen MR) is 95.4 cm³/mol. The van der Waals surface area contributed by atoms with Crippen LogP contribution < -0.4 is 16.0 Å². The maximum absolute atomic E-state index is 12.7. The van der Waals surface area contributed by atoms with Crippen LogP contribution in [0.15, 0.2) is 18.2 Å². The van der Waals surface area contributed by atoms with Gasteiger partial charge in [0.05, 0.1) is 6.04 Å². The van der Waals surface area contributed by atoms with Gasteiger partial charge in [-0.15, -0.1) is 0 Å². The highest BCUT2D eigenvalue weighted by Gasteiger charge is 2.39. The van der Waals surface area contributed by atoms with Crippen LogP contribution in [0.25, 0.3) is 0 Å². The summed E-state index contributed by atoms with van der Waals surface area (Å²) in [5.74, 6) is -0.904. The maximum atomic E-state index is 12.7. The number of carbonyl (C=O) groups excluding carboxylic acids is 4. The van der Waals surface area contributed by atoms with Crippen LogP contribution in [0.3, 0.4) is 0 Å². The zero-order valence-corrected chi connectivity index (χ0v) is 14.9. The molecule has 8 nitrogen and oxygen atoms in total. The fourth-order valence-corrected chi connectivity index (χ4v) is 3.96. The Hall–Kier alpha value is -2.74. The Morgan fingerprint density at radius 3 is 2.81 bits per heavy atom. The molecule has 3 aliphatic rings. The number of nitrogens with zero attached hydrogens (tertiary/aromatic N) is 1. The van der Waals surface area contributed by atoms with Gasteiger partial charge in [0, 0.05) is 25.1 Å². The molecule has 4 amide bonds. The SMILES string of the molecule is O=C1CCC(N2Cc3cc(CNC(=O)[C@@H]4CCCN4)ccc3C2=O)C(=O)N1. The highest BCUT2D eigenvalue weighted by Crippen LogP contribution is 2.28. The van der Waals surface area contributed by atoms with Gasteiger partial charge < -0.3 is 15.5 Å². The second-order valence-electron chi connectivity index (χ2n) is 7.26. The average molecular weight is 370 g/mol. The minimum Gasteiger partial charge on any atom is -0.351 e. The number of hydrogen-bond donors (Lipinski definition) is 3. The lowest BCUT2D eigenvalue weighted by Crippen LogP contribution is -2.52. The number of fused-ring (bicyclic) bond motifs is 1. The molecule has 2 atom stereocenters. The predicted octanol–water partition coefficient (Wildman–Crippen LogP) is -0.184. The fourth-order valence-electron chi connectivity index (χ4n) is 3.96. The van der Waals surface area contributed by atoms with Crippen LogP contribution in [-0.2, 0) is 27.5 Å². The molecule has 3 aliphatic heterocycles. The summed E-state index contributed by atoms with van der Waals surface area (Å²) in [6, 6.07) is 4.75. The van der Waals surface area contributed by atoms with Gasteiger partial charge in [0.15, 0.2) is 0 Å². The molecule has 0 bridgehead atoms. The second-order valence-corrected chi connectivity index (χ2v) is 7.26. The molecule has 1 aromatic rings. The monoisotopic (exact) mass is 370 g/mol. The first-order chi connectivity index (χ1) is 13.0. The number of carbonyl (C=O) groups is 4. The maximum Gasteiger partial charge on any atom is 0.255 e. The van der Waals surface area contributed by atoms with E-state index in [1.165, 1.54) is 4.90 Å². The van der Waals surface area contributed by atoms with Crippen LogP contribution in [0.5, 0.6) is 0 Å². The lowest BCUT2D eigenvalue weighted by Gasteiger charge is -2.29. The molecule has 3 heterocycles. The number of rotatable bonds is 4. The minimum atomic E-state index is -0.612. The molecule has 142 valence electrons. The van der Waals surface area contributed by atoms with E-state index in [-0.39, 0.29) is 30.2 Å². The van der Waals surface area contributed by atoms with Crippen molar-refractivity contribution in [3.8, 4) is 0 Å². The summed E-state index contributed by atoms with van der Waals surface area (Å²) in [7, 11) is 0. The van der Waals surface area contributed by atoms with Crippen molar-refractivity contribution in [2.75, 3.05) is 6.54 Å². The molecule has 0 radical (unpaired) electrons. The van der Waals surface area contributed by atoms with Gasteiger partial charge in [0.2, 0.25) is 17.7 Å². The third-order valence-corrected chi connectivity index (χ3v) is 5.43. The van der Waals surface area contributed by atoms with E-state index in [2.05, 4.69) is 16.0 Å². The first-order valence-corrected chi connectivity index (χ1v) is 9.30. The van der Waals surface area contributed by atoms with E-state index in [9.17, 15) is 19.2 Å². The largest absolute Gasteiger partial charge is 0.351 e. The van der Waals surface area contributed by atoms with Crippen molar-refractivity contribution >= 4 is 23.6 Å². The summed E-state index contributed by atoms with van der Waals surface area (Å²) in [5.41, 5.74) is 2.33. The summed E-state index contributed by atoms with van der Waals surface area (Å²) >= 11 is 0. The van der Waals surface area contributed by atoms with Crippen molar-refractivity contribution in [3.63, 3.8) is 0 Å². The molecule has 1 aromatic carbocycles. The van der Waals surface area contributed by atoms with E-state index < -0.39 is 11.9 Å². The van der Waals surface area contributed by atoms with Crippen LogP contribution in [0.2, 0.25) is 0 Å². The van der Waals surface area contributed by atoms with Crippen molar-refractivity contribution in [1.29, 1.82) is 0 Å². The quantitative estimate of drug-likeness (QED) is 0.637. The fraction of sp³-hybridized carbons (Fsp3) is 0.474. The van der Waals surface area contributed by atoms with Gasteiger partial charge in [-0.25, -0.2) is 0 Å². The average Bonchev–Trinajstić information content (AvgIpc) is 3.29. The Morgan fingerprint density at radius 2 is 2.07 bits per heavy atom. The molecule has 0 aliphatic carbocycles. The minimum absolute atomic E-state index is 0.00533. The number of benzene rings is 1. The first kappa shape index (κ1) is 17.7. The van der Waals surface area contributed by atoms with Crippen LogP contribution in [-0.4, -0.2) is 47.2 Å². The molecular weight excluding hydrogens is 348 g/mol. The van der Waals surface area contributed by atoms with E-state index in [0.717, 1.165) is 30.5 Å². The number of piperidine rings is 1. The zero-order valence-electron chi connectivity index (χ0n) is 14.9. The zero-order chi connectivity index (χ0) is 19.0. The molecule has 0 saturated carbocycles. The van der Waals surface area contributed by atoms with Crippen LogP contribution in [0.1, 0.15) is 47.2 Å². The molecule has 27 heavy (non-hydrogen) atoms. The third kappa shape index (κ3) is 3.44. The summed E-state index contributed by atoms with van der Waals surface area (Å²) in [6.45, 7) is 1.61. The Kier molecular flexibility index (Phi) is 4.65. The highest BCUT2D eigenvalue weighted by molar-refractivity contribution is 6.05. The van der Waals surface area contributed by atoms with Crippen LogP contribution in [0, 0.1) is 0 Å². The lowest BCUT2D eigenvalue weighted by atomic mass is 10.0. The summed E-state index contributed by atoms with van der Waals surface area (Å²) < 4.78 is 0. The van der Waals surface area contributed by atoms with Gasteiger partial charge in [-0.05, 0) is 43.0 Å². The molecule has 2 fully saturated rings.